The van der Waals surface area contributed by atoms with Crippen LogP contribution < -0.4 is 5.32 Å². The third-order valence-corrected chi connectivity index (χ3v) is 14.3. The number of aliphatic hydroxyl groups excluding tert-OH is 2. The van der Waals surface area contributed by atoms with Crippen LogP contribution in [0.1, 0.15) is 94.9 Å². The first-order valence-corrected chi connectivity index (χ1v) is 22.7. The average molecular weight is 887 g/mol. The number of hydrogen-bond donors (Lipinski definition) is 4. The Morgan fingerprint density at radius 3 is 2.19 bits per heavy atom. The van der Waals surface area contributed by atoms with Gasteiger partial charge in [-0.05, 0) is 67.7 Å². The summed E-state index contributed by atoms with van der Waals surface area (Å²) in [6, 6.07) is -0.557. The van der Waals surface area contributed by atoms with Crippen LogP contribution in [-0.4, -0.2) is 194 Å². The van der Waals surface area contributed by atoms with Crippen molar-refractivity contribution in [2.24, 2.45) is 22.7 Å². The molecular formula is C44H78N4O14. The number of aliphatic imine (C=N–C) groups is 1. The normalized spacial score (nSPS) is 46.3. The van der Waals surface area contributed by atoms with Gasteiger partial charge < -0.3 is 68.2 Å². The van der Waals surface area contributed by atoms with E-state index in [1.54, 1.807) is 48.7 Å². The molecule has 0 bridgehead atoms. The zero-order valence-electron chi connectivity index (χ0n) is 39.4. The number of methoxy groups -OCH3 is 2. The molecule has 0 aromatic heterocycles. The largest absolute Gasteiger partial charge is 0.459 e. The van der Waals surface area contributed by atoms with Gasteiger partial charge >= 0.3 is 5.97 Å². The number of fused-ring (bicyclic) bond motifs is 1. The Morgan fingerprint density at radius 1 is 0.903 bits per heavy atom. The Labute approximate surface area is 368 Å². The number of hydrogen-bond acceptors (Lipinski definition) is 16. The van der Waals surface area contributed by atoms with E-state index in [1.807, 2.05) is 32.7 Å². The highest BCUT2D eigenvalue weighted by atomic mass is 16.7. The van der Waals surface area contributed by atoms with Crippen molar-refractivity contribution in [1.82, 2.24) is 15.1 Å². The number of likely N-dealkylation sites (N-methyl/N-ethyl adjacent to an activating group) is 1. The summed E-state index contributed by atoms with van der Waals surface area (Å²) in [6.45, 7) is 21.8. The Kier molecular flexibility index (Phi) is 17.1. The van der Waals surface area contributed by atoms with Crippen LogP contribution >= 0.6 is 0 Å². The lowest BCUT2D eigenvalue weighted by Gasteiger charge is -2.49. The molecule has 0 aromatic rings. The van der Waals surface area contributed by atoms with Crippen LogP contribution in [-0.2, 0) is 52.2 Å². The number of esters is 1. The zero-order valence-corrected chi connectivity index (χ0v) is 39.4. The molecule has 4 N–H and O–H groups in total. The van der Waals surface area contributed by atoms with Gasteiger partial charge in [0.2, 0.25) is 5.91 Å². The summed E-state index contributed by atoms with van der Waals surface area (Å²) in [4.78, 5) is 37.6. The minimum Gasteiger partial charge on any atom is -0.459 e. The highest BCUT2D eigenvalue weighted by Gasteiger charge is 2.55. The zero-order chi connectivity index (χ0) is 45.9. The molecule has 0 aliphatic carbocycles. The second-order valence-corrected chi connectivity index (χ2v) is 19.1. The van der Waals surface area contributed by atoms with E-state index in [1.165, 1.54) is 14.0 Å². The van der Waals surface area contributed by atoms with Crippen LogP contribution in [0.5, 0.6) is 0 Å². The number of carbonyl (C=O) groups excluding carboxylic acids is 2. The Hall–Kier alpha value is -2.23. The molecule has 18 nitrogen and oxygen atoms in total. The molecule has 5 heterocycles. The Bertz CT molecular complexity index is 1520. The smallest absolute Gasteiger partial charge is 0.311 e. The predicted octanol–water partition coefficient (Wildman–Crippen LogP) is 1.84. The van der Waals surface area contributed by atoms with Crippen molar-refractivity contribution in [1.29, 1.82) is 0 Å². The summed E-state index contributed by atoms with van der Waals surface area (Å²) in [5.74, 6) is -3.50. The van der Waals surface area contributed by atoms with Crippen molar-refractivity contribution >= 4 is 17.9 Å². The summed E-state index contributed by atoms with van der Waals surface area (Å²) in [5.41, 5.74) is -4.22. The number of amides is 1. The lowest BCUT2D eigenvalue weighted by atomic mass is 9.77. The maximum atomic E-state index is 14.5. The van der Waals surface area contributed by atoms with Gasteiger partial charge in [-0.15, -0.1) is 0 Å². The number of nitrogens with one attached hydrogen (secondary N) is 1. The van der Waals surface area contributed by atoms with Gasteiger partial charge in [-0.25, -0.2) is 4.99 Å². The Morgan fingerprint density at radius 2 is 1.56 bits per heavy atom. The molecule has 18 atom stereocenters. The number of cyclic esters (lactones) is 1. The molecule has 1 amide bonds. The summed E-state index contributed by atoms with van der Waals surface area (Å²) in [5, 5.41) is 37.1. The minimum atomic E-state index is -1.95. The van der Waals surface area contributed by atoms with Gasteiger partial charge in [0.25, 0.3) is 6.02 Å². The van der Waals surface area contributed by atoms with Crippen LogP contribution in [0.2, 0.25) is 0 Å². The fourth-order valence-electron chi connectivity index (χ4n) is 10.0. The third kappa shape index (κ3) is 11.1. The van der Waals surface area contributed by atoms with Crippen LogP contribution in [0.3, 0.4) is 0 Å². The van der Waals surface area contributed by atoms with Crippen LogP contribution in [0.4, 0.5) is 0 Å². The molecule has 0 unspecified atom stereocenters. The van der Waals surface area contributed by atoms with Crippen LogP contribution in [0.25, 0.3) is 0 Å². The van der Waals surface area contributed by atoms with E-state index in [-0.39, 0.29) is 37.3 Å². The quantitative estimate of drug-likeness (QED) is 0.231. The van der Waals surface area contributed by atoms with Gasteiger partial charge in [0.05, 0.1) is 73.4 Å². The standard InChI is InChI=1S/C44H78N4O14/c1-14-31-44(10,53)35(49)28(6)46-38(51)24(2)22-43(9,55-13)37(26(4)33(27(5)39(52)59-31)60-32-23-42(8,54-12)36(50)29(7)58-32)62-40-34-30(21-25(3)57-40)47(11)41(61-34)45-15-16-48-17-19-56-20-18-48/h24-37,40,49-50,53H,14-23H2,1-13H3,(H,46,51)/t24-,25-,26+,27-,28-,29+,30+,31-,32+,33+,34-,35-,36+,37-,40+,42-,43-,44-/m1/s1. The molecule has 18 heteroatoms. The molecule has 5 aliphatic heterocycles. The van der Waals surface area contributed by atoms with Crippen molar-refractivity contribution < 1.29 is 67.5 Å². The van der Waals surface area contributed by atoms with Gasteiger partial charge in [0.1, 0.15) is 23.9 Å². The first kappa shape index (κ1) is 50.8. The van der Waals surface area contributed by atoms with Crippen molar-refractivity contribution in [3.05, 3.63) is 0 Å². The van der Waals surface area contributed by atoms with Gasteiger partial charge in [-0.2, -0.15) is 0 Å². The van der Waals surface area contributed by atoms with Gasteiger partial charge in [-0.3, -0.25) is 14.5 Å². The van der Waals surface area contributed by atoms with Gasteiger partial charge in [-0.1, -0.05) is 20.8 Å². The van der Waals surface area contributed by atoms with Crippen molar-refractivity contribution in [3.8, 4) is 0 Å². The lowest BCUT2D eigenvalue weighted by molar-refractivity contribution is -0.315. The predicted molar refractivity (Wildman–Crippen MR) is 227 cm³/mol. The summed E-state index contributed by atoms with van der Waals surface area (Å²) < 4.78 is 57.3. The number of aliphatic hydroxyl groups is 3. The van der Waals surface area contributed by atoms with E-state index in [0.717, 1.165) is 19.6 Å². The van der Waals surface area contributed by atoms with Crippen molar-refractivity contribution in [2.75, 3.05) is 60.7 Å². The van der Waals surface area contributed by atoms with Crippen LogP contribution in [0.15, 0.2) is 4.99 Å². The number of ether oxygens (including phenoxy) is 9. The number of rotatable bonds is 10. The number of amidine groups is 1. The van der Waals surface area contributed by atoms with E-state index in [2.05, 4.69) is 10.2 Å². The van der Waals surface area contributed by atoms with E-state index < -0.39 is 102 Å². The van der Waals surface area contributed by atoms with Crippen molar-refractivity contribution in [2.45, 2.75) is 185 Å². The van der Waals surface area contributed by atoms with Gasteiger partial charge in [0.15, 0.2) is 18.7 Å². The number of morpholine rings is 1. The highest BCUT2D eigenvalue weighted by Crippen LogP contribution is 2.42. The number of carbonyl (C=O) groups is 2. The summed E-state index contributed by atoms with van der Waals surface area (Å²) in [7, 11) is 5.03. The van der Waals surface area contributed by atoms with E-state index in [4.69, 9.17) is 47.6 Å². The lowest BCUT2D eigenvalue weighted by Crippen LogP contribution is -2.60. The van der Waals surface area contributed by atoms with Crippen molar-refractivity contribution in [3.63, 3.8) is 0 Å². The SMILES string of the molecule is CC[C@H]1OC(=O)[C@H](C)[C@@H](O[C@H]2C[C@@](C)(OC)[C@@H](O)[C@H](C)O2)[C@H](C)[C@@H](O[C@@H]2O[C@H](C)C[C@H]3[C@H]2OC(=NCCN2CCOCC2)N3C)[C@](C)(OC)C[C@@H](C)C(=O)N[C@H](C)[C@@H](O)[C@]1(C)O. The first-order valence-electron chi connectivity index (χ1n) is 22.7. The monoisotopic (exact) mass is 887 g/mol. The molecule has 0 aromatic carbocycles. The molecule has 0 radical (unpaired) electrons. The molecular weight excluding hydrogens is 808 g/mol. The minimum absolute atomic E-state index is 0.126. The average Bonchev–Trinajstić information content (AvgIpc) is 3.55. The third-order valence-electron chi connectivity index (χ3n) is 14.3. The molecule has 5 aliphatic rings. The fraction of sp³-hybridized carbons (Fsp3) is 0.932. The molecule has 0 spiro atoms. The molecule has 62 heavy (non-hydrogen) atoms. The van der Waals surface area contributed by atoms with Crippen LogP contribution in [0, 0.1) is 17.8 Å². The fourth-order valence-corrected chi connectivity index (χ4v) is 10.0. The van der Waals surface area contributed by atoms with E-state index in [0.29, 0.717) is 32.2 Å². The van der Waals surface area contributed by atoms with E-state index in [9.17, 15) is 24.9 Å². The molecule has 5 fully saturated rings. The van der Waals surface area contributed by atoms with E-state index >= 15 is 0 Å². The second-order valence-electron chi connectivity index (χ2n) is 19.1. The molecule has 0 saturated carbocycles. The summed E-state index contributed by atoms with van der Waals surface area (Å²) >= 11 is 0. The summed E-state index contributed by atoms with van der Waals surface area (Å²) in [6.07, 6.45) is -7.91. The maximum Gasteiger partial charge on any atom is 0.311 e. The Balaban J connectivity index is 1.56. The molecule has 5 saturated heterocycles. The highest BCUT2D eigenvalue weighted by molar-refractivity contribution is 5.79. The number of nitrogens with zero attached hydrogens (tertiary/aromatic N) is 3. The maximum absolute atomic E-state index is 14.5. The molecule has 358 valence electrons. The topological polar surface area (TPSA) is 209 Å². The first-order chi connectivity index (χ1) is 29.1. The molecule has 5 rings (SSSR count). The second kappa shape index (κ2) is 20.9. The van der Waals surface area contributed by atoms with Gasteiger partial charge in [0, 0.05) is 59.2 Å².